The molecule has 0 bridgehead atoms. The number of carbonyl (C=O) groups is 2. The van der Waals surface area contributed by atoms with Crippen molar-refractivity contribution in [2.24, 2.45) is 0 Å². The first kappa shape index (κ1) is 33.9. The summed E-state index contributed by atoms with van der Waals surface area (Å²) in [6, 6.07) is 13.7. The van der Waals surface area contributed by atoms with Gasteiger partial charge >= 0.3 is 6.03 Å². The van der Waals surface area contributed by atoms with E-state index in [1.807, 2.05) is 34.5 Å². The predicted molar refractivity (Wildman–Crippen MR) is 175 cm³/mol. The molecule has 234 valence electrons. The Morgan fingerprint density at radius 2 is 1.56 bits per heavy atom. The Bertz CT molecular complexity index is 1330. The minimum Gasteiger partial charge on any atom is -0.493 e. The molecule has 3 amide bonds. The second kappa shape index (κ2) is 16.3. The van der Waals surface area contributed by atoms with Gasteiger partial charge in [0.05, 0.1) is 27.4 Å². The number of amides is 3. The molecule has 2 aromatic carbocycles. The van der Waals surface area contributed by atoms with E-state index in [9.17, 15) is 9.59 Å². The molecule has 0 saturated carbocycles. The average molecular weight is 610 g/mol. The van der Waals surface area contributed by atoms with Crippen LogP contribution in [0.15, 0.2) is 47.8 Å². The first-order valence-corrected chi connectivity index (χ1v) is 15.7. The molecule has 1 aromatic heterocycles. The van der Waals surface area contributed by atoms with Crippen molar-refractivity contribution >= 4 is 29.0 Å². The van der Waals surface area contributed by atoms with Crippen LogP contribution < -0.4 is 14.8 Å². The minimum atomic E-state index is -0.312. The van der Waals surface area contributed by atoms with E-state index in [2.05, 4.69) is 58.1 Å². The number of nitrogens with one attached hydrogen (secondary N) is 1. The third-order valence-corrected chi connectivity index (χ3v) is 8.56. The normalized spacial score (nSPS) is 11.1. The minimum absolute atomic E-state index is 0.0631. The van der Waals surface area contributed by atoms with Crippen LogP contribution in [0.25, 0.3) is 0 Å². The van der Waals surface area contributed by atoms with Crippen molar-refractivity contribution < 1.29 is 23.8 Å². The molecule has 9 heteroatoms. The fourth-order valence-corrected chi connectivity index (χ4v) is 5.85. The number of hydrogen-bond acceptors (Lipinski definition) is 6. The smallest absolute Gasteiger partial charge is 0.322 e. The van der Waals surface area contributed by atoms with Gasteiger partial charge in [-0.25, -0.2) is 4.79 Å². The van der Waals surface area contributed by atoms with Crippen LogP contribution in [0.4, 0.5) is 10.5 Å². The summed E-state index contributed by atoms with van der Waals surface area (Å²) in [5, 5.41) is 5.21. The van der Waals surface area contributed by atoms with Crippen molar-refractivity contribution in [3.8, 4) is 11.5 Å². The lowest BCUT2D eigenvalue weighted by Gasteiger charge is -2.29. The van der Waals surface area contributed by atoms with E-state index in [1.165, 1.54) is 0 Å². The molecule has 0 spiro atoms. The topological polar surface area (TPSA) is 80.3 Å². The van der Waals surface area contributed by atoms with Crippen molar-refractivity contribution in [3.63, 3.8) is 0 Å². The lowest BCUT2D eigenvalue weighted by atomic mass is 9.93. The summed E-state index contributed by atoms with van der Waals surface area (Å²) in [5.74, 6) is 1.64. The summed E-state index contributed by atoms with van der Waals surface area (Å²) >= 11 is 1.63. The standard InChI is InChI=1S/C34H47N3O5S/c1-23(2)27-10-9-11-28(24(3)4)33(27)35-34(39)37(17-18-40-6)22-32(38)36(21-31-25(5)15-19-43-31)16-14-26-12-13-29(41-7)30(20-26)42-8/h9-13,15,19-20,23-24H,14,16-18,21-22H2,1-8H3,(H,35,39). The third-order valence-electron chi connectivity index (χ3n) is 7.56. The lowest BCUT2D eigenvalue weighted by Crippen LogP contribution is -2.46. The van der Waals surface area contributed by atoms with Crippen LogP contribution in [0.1, 0.15) is 66.7 Å². The maximum Gasteiger partial charge on any atom is 0.322 e. The van der Waals surface area contributed by atoms with Crippen LogP contribution in [0.3, 0.4) is 0 Å². The van der Waals surface area contributed by atoms with Crippen molar-refractivity contribution in [2.45, 2.75) is 59.4 Å². The molecule has 0 atom stereocenters. The number of ether oxygens (including phenoxy) is 3. The Kier molecular flexibility index (Phi) is 12.9. The molecule has 0 aliphatic rings. The summed E-state index contributed by atoms with van der Waals surface area (Å²) in [5.41, 5.74) is 5.14. The zero-order valence-corrected chi connectivity index (χ0v) is 27.7. The van der Waals surface area contributed by atoms with Crippen LogP contribution in [-0.4, -0.2) is 69.3 Å². The number of benzene rings is 2. The number of hydrogen-bond donors (Lipinski definition) is 1. The second-order valence-corrected chi connectivity index (χ2v) is 12.2. The SMILES string of the molecule is COCCN(CC(=O)N(CCc1ccc(OC)c(OC)c1)Cc1sccc1C)C(=O)Nc1c(C(C)C)cccc1C(C)C. The zero-order chi connectivity index (χ0) is 31.5. The number of methoxy groups -OCH3 is 3. The van der Waals surface area contributed by atoms with Crippen LogP contribution in [0.2, 0.25) is 0 Å². The Labute approximate surface area is 260 Å². The van der Waals surface area contributed by atoms with Gasteiger partial charge in [0, 0.05) is 30.8 Å². The van der Waals surface area contributed by atoms with Gasteiger partial charge < -0.3 is 29.3 Å². The number of anilines is 1. The van der Waals surface area contributed by atoms with E-state index < -0.39 is 0 Å². The van der Waals surface area contributed by atoms with E-state index >= 15 is 0 Å². The van der Waals surface area contributed by atoms with Gasteiger partial charge in [0.15, 0.2) is 11.5 Å². The maximum atomic E-state index is 13.9. The van der Waals surface area contributed by atoms with Crippen molar-refractivity contribution in [1.82, 2.24) is 9.80 Å². The Morgan fingerprint density at radius 1 is 0.884 bits per heavy atom. The molecule has 0 aliphatic heterocycles. The number of aryl methyl sites for hydroxylation is 1. The summed E-state index contributed by atoms with van der Waals surface area (Å²) in [7, 11) is 4.82. The maximum absolute atomic E-state index is 13.9. The van der Waals surface area contributed by atoms with E-state index in [-0.39, 0.29) is 36.9 Å². The van der Waals surface area contributed by atoms with E-state index in [1.54, 1.807) is 37.6 Å². The molecule has 3 aromatic rings. The fourth-order valence-electron chi connectivity index (χ4n) is 4.93. The van der Waals surface area contributed by atoms with E-state index in [0.717, 1.165) is 32.8 Å². The number of para-hydroxylation sites is 1. The highest BCUT2D eigenvalue weighted by molar-refractivity contribution is 7.10. The van der Waals surface area contributed by atoms with Crippen LogP contribution >= 0.6 is 11.3 Å². The molecule has 3 rings (SSSR count). The number of nitrogens with zero attached hydrogens (tertiary/aromatic N) is 2. The first-order valence-electron chi connectivity index (χ1n) is 14.8. The van der Waals surface area contributed by atoms with Crippen molar-refractivity contribution in [2.75, 3.05) is 52.9 Å². The molecular weight excluding hydrogens is 562 g/mol. The number of thiophene rings is 1. The van der Waals surface area contributed by atoms with Crippen molar-refractivity contribution in [3.05, 3.63) is 75.0 Å². The zero-order valence-electron chi connectivity index (χ0n) is 26.9. The van der Waals surface area contributed by atoms with Crippen LogP contribution in [-0.2, 0) is 22.5 Å². The Hall–Kier alpha value is -3.56. The van der Waals surface area contributed by atoms with Gasteiger partial charge in [0.25, 0.3) is 0 Å². The van der Waals surface area contributed by atoms with Gasteiger partial charge in [-0.3, -0.25) is 4.79 Å². The highest BCUT2D eigenvalue weighted by Crippen LogP contribution is 2.33. The van der Waals surface area contributed by atoms with Gasteiger partial charge in [-0.15, -0.1) is 11.3 Å². The molecule has 8 nitrogen and oxygen atoms in total. The highest BCUT2D eigenvalue weighted by atomic mass is 32.1. The summed E-state index contributed by atoms with van der Waals surface area (Å²) in [6.45, 7) is 12.0. The second-order valence-electron chi connectivity index (χ2n) is 11.2. The monoisotopic (exact) mass is 609 g/mol. The van der Waals surface area contributed by atoms with Gasteiger partial charge in [-0.2, -0.15) is 0 Å². The van der Waals surface area contributed by atoms with Gasteiger partial charge in [0.2, 0.25) is 5.91 Å². The summed E-state index contributed by atoms with van der Waals surface area (Å²) < 4.78 is 16.2. The largest absolute Gasteiger partial charge is 0.493 e. The highest BCUT2D eigenvalue weighted by Gasteiger charge is 2.24. The quantitative estimate of drug-likeness (QED) is 0.199. The van der Waals surface area contributed by atoms with Gasteiger partial charge in [0.1, 0.15) is 6.54 Å². The van der Waals surface area contributed by atoms with Crippen LogP contribution in [0.5, 0.6) is 11.5 Å². The molecule has 0 unspecified atom stereocenters. The molecule has 1 N–H and O–H groups in total. The van der Waals surface area contributed by atoms with E-state index in [0.29, 0.717) is 37.6 Å². The number of rotatable bonds is 15. The number of carbonyl (C=O) groups excluding carboxylic acids is 2. The Morgan fingerprint density at radius 3 is 2.12 bits per heavy atom. The van der Waals surface area contributed by atoms with Gasteiger partial charge in [-0.05, 0) is 71.0 Å². The molecular formula is C34H47N3O5S. The number of urea groups is 1. The molecule has 1 heterocycles. The summed E-state index contributed by atoms with van der Waals surface area (Å²) in [4.78, 5) is 32.2. The fraction of sp³-hybridized carbons (Fsp3) is 0.471. The molecule has 0 radical (unpaired) electrons. The van der Waals surface area contributed by atoms with E-state index in [4.69, 9.17) is 14.2 Å². The molecule has 43 heavy (non-hydrogen) atoms. The lowest BCUT2D eigenvalue weighted by molar-refractivity contribution is -0.132. The molecule has 0 saturated heterocycles. The molecule has 0 aliphatic carbocycles. The Balaban J connectivity index is 1.85. The van der Waals surface area contributed by atoms with Crippen molar-refractivity contribution in [1.29, 1.82) is 0 Å². The van der Waals surface area contributed by atoms with Crippen LogP contribution in [0, 0.1) is 6.92 Å². The predicted octanol–water partition coefficient (Wildman–Crippen LogP) is 7.07. The summed E-state index contributed by atoms with van der Waals surface area (Å²) in [6.07, 6.45) is 0.625. The third kappa shape index (κ3) is 9.21. The molecule has 0 fully saturated rings. The average Bonchev–Trinajstić information content (AvgIpc) is 3.40. The van der Waals surface area contributed by atoms with Gasteiger partial charge in [-0.1, -0.05) is 52.0 Å². The first-order chi connectivity index (χ1) is 20.6.